The van der Waals surface area contributed by atoms with Gasteiger partial charge >= 0.3 is 0 Å². The Morgan fingerprint density at radius 1 is 1.35 bits per heavy atom. The fourth-order valence-corrected chi connectivity index (χ4v) is 1.58. The van der Waals surface area contributed by atoms with Crippen molar-refractivity contribution in [3.8, 4) is 0 Å². The van der Waals surface area contributed by atoms with Crippen molar-refractivity contribution in [3.63, 3.8) is 0 Å². The van der Waals surface area contributed by atoms with Gasteiger partial charge in [0.15, 0.2) is 0 Å². The molecule has 0 aromatic carbocycles. The number of nitrogens with zero attached hydrogens (tertiary/aromatic N) is 3. The lowest BCUT2D eigenvalue weighted by molar-refractivity contribution is 0.129. The van der Waals surface area contributed by atoms with E-state index >= 15 is 0 Å². The lowest BCUT2D eigenvalue weighted by atomic mass is 10.4. The van der Waals surface area contributed by atoms with Crippen molar-refractivity contribution in [2.75, 3.05) is 53.5 Å². The van der Waals surface area contributed by atoms with Crippen LogP contribution in [0.5, 0.6) is 0 Å². The van der Waals surface area contributed by atoms with Gasteiger partial charge < -0.3 is 9.64 Å². The highest BCUT2D eigenvalue weighted by molar-refractivity contribution is 5.78. The van der Waals surface area contributed by atoms with Crippen LogP contribution in [0.3, 0.4) is 0 Å². The molecule has 0 bridgehead atoms. The molecular weight excluding hydrogens is 220 g/mol. The molecule has 17 heavy (non-hydrogen) atoms. The van der Waals surface area contributed by atoms with Gasteiger partial charge in [0.25, 0.3) is 0 Å². The van der Waals surface area contributed by atoms with Crippen LogP contribution in [-0.2, 0) is 4.74 Å². The summed E-state index contributed by atoms with van der Waals surface area (Å²) < 4.78 is 4.96. The minimum atomic E-state index is 0.616. The quantitative estimate of drug-likeness (QED) is 0.181. The highest BCUT2D eigenvalue weighted by Crippen LogP contribution is 1.95. The minimum absolute atomic E-state index is 0.616. The third-order valence-electron chi connectivity index (χ3n) is 2.68. The molecule has 100 valence electrons. The summed E-state index contributed by atoms with van der Waals surface area (Å²) in [5.41, 5.74) is 5.76. The average Bonchev–Trinajstić information content (AvgIpc) is 2.35. The summed E-state index contributed by atoms with van der Waals surface area (Å²) in [6, 6.07) is 0. The molecule has 7 nitrogen and oxygen atoms in total. The SMILES string of the molecule is COCCCN=C(NN)NN1CCN(C)CC1. The van der Waals surface area contributed by atoms with Gasteiger partial charge in [-0.05, 0) is 13.5 Å². The van der Waals surface area contributed by atoms with Crippen molar-refractivity contribution in [2.45, 2.75) is 6.42 Å². The fraction of sp³-hybridized carbons (Fsp3) is 0.900. The van der Waals surface area contributed by atoms with E-state index in [2.05, 4.69) is 32.8 Å². The van der Waals surface area contributed by atoms with E-state index in [-0.39, 0.29) is 0 Å². The number of aliphatic imine (C=N–C) groups is 1. The Kier molecular flexibility index (Phi) is 6.87. The molecule has 0 aromatic rings. The van der Waals surface area contributed by atoms with Crippen LogP contribution in [0.4, 0.5) is 0 Å². The van der Waals surface area contributed by atoms with Gasteiger partial charge in [0, 0.05) is 46.4 Å². The number of hydrogen-bond donors (Lipinski definition) is 3. The minimum Gasteiger partial charge on any atom is -0.385 e. The third kappa shape index (κ3) is 5.83. The van der Waals surface area contributed by atoms with E-state index in [1.54, 1.807) is 7.11 Å². The number of piperazine rings is 1. The summed E-state index contributed by atoms with van der Waals surface area (Å²) in [5, 5.41) is 2.12. The van der Waals surface area contributed by atoms with Gasteiger partial charge in [-0.15, -0.1) is 0 Å². The van der Waals surface area contributed by atoms with E-state index in [0.717, 1.165) is 39.2 Å². The molecule has 7 heteroatoms. The molecule has 1 aliphatic rings. The molecule has 1 heterocycles. The summed E-state index contributed by atoms with van der Waals surface area (Å²) >= 11 is 0. The largest absolute Gasteiger partial charge is 0.385 e. The van der Waals surface area contributed by atoms with Crippen molar-refractivity contribution in [2.24, 2.45) is 10.8 Å². The van der Waals surface area contributed by atoms with Crippen molar-refractivity contribution < 1.29 is 4.74 Å². The lowest BCUT2D eigenvalue weighted by Crippen LogP contribution is -2.56. The molecular formula is C10H24N6O. The van der Waals surface area contributed by atoms with Gasteiger partial charge in [0.1, 0.15) is 0 Å². The number of likely N-dealkylation sites (N-methyl/N-ethyl adjacent to an activating group) is 1. The molecule has 0 aromatic heterocycles. The fourth-order valence-electron chi connectivity index (χ4n) is 1.58. The predicted octanol–water partition coefficient (Wildman–Crippen LogP) is -1.41. The van der Waals surface area contributed by atoms with Gasteiger partial charge in [-0.1, -0.05) is 0 Å². The zero-order chi connectivity index (χ0) is 12.5. The zero-order valence-corrected chi connectivity index (χ0v) is 10.8. The highest BCUT2D eigenvalue weighted by atomic mass is 16.5. The first-order valence-corrected chi connectivity index (χ1v) is 5.96. The molecule has 1 fully saturated rings. The molecule has 1 saturated heterocycles. The summed E-state index contributed by atoms with van der Waals surface area (Å²) in [7, 11) is 3.81. The van der Waals surface area contributed by atoms with E-state index in [4.69, 9.17) is 10.6 Å². The Morgan fingerprint density at radius 3 is 2.65 bits per heavy atom. The monoisotopic (exact) mass is 244 g/mol. The van der Waals surface area contributed by atoms with Crippen molar-refractivity contribution in [1.29, 1.82) is 0 Å². The van der Waals surface area contributed by atoms with Gasteiger partial charge in [-0.3, -0.25) is 15.8 Å². The molecule has 1 rings (SSSR count). The van der Waals surface area contributed by atoms with Crippen LogP contribution in [0.15, 0.2) is 4.99 Å². The number of ether oxygens (including phenoxy) is 1. The Morgan fingerprint density at radius 2 is 2.06 bits per heavy atom. The number of methoxy groups -OCH3 is 1. The maximum atomic E-state index is 5.42. The van der Waals surface area contributed by atoms with Crippen molar-refractivity contribution in [3.05, 3.63) is 0 Å². The number of nitrogens with one attached hydrogen (secondary N) is 2. The smallest absolute Gasteiger partial charge is 0.220 e. The van der Waals surface area contributed by atoms with Crippen LogP contribution in [-0.4, -0.2) is 69.4 Å². The second kappa shape index (κ2) is 8.24. The summed E-state index contributed by atoms with van der Waals surface area (Å²) in [4.78, 5) is 6.62. The number of guanidine groups is 1. The standard InChI is InChI=1S/C10H24N6O/c1-15-5-7-16(8-6-15)14-10(13-11)12-4-3-9-17-2/h3-9,11H2,1-2H3,(H2,12,13,14). The molecule has 0 radical (unpaired) electrons. The van der Waals surface area contributed by atoms with Crippen LogP contribution in [0.2, 0.25) is 0 Å². The predicted molar refractivity (Wildman–Crippen MR) is 68.3 cm³/mol. The number of hydrazine groups is 2. The topological polar surface area (TPSA) is 78.1 Å². The number of nitrogens with two attached hydrogens (primary N) is 1. The second-order valence-electron chi connectivity index (χ2n) is 4.12. The van der Waals surface area contributed by atoms with Crippen LogP contribution >= 0.6 is 0 Å². The van der Waals surface area contributed by atoms with Crippen LogP contribution < -0.4 is 16.7 Å². The molecule has 0 spiro atoms. The first kappa shape index (κ1) is 14.2. The number of rotatable bonds is 5. The third-order valence-corrected chi connectivity index (χ3v) is 2.68. The first-order valence-electron chi connectivity index (χ1n) is 5.96. The molecule has 4 N–H and O–H groups in total. The Hall–Kier alpha value is -0.890. The average molecular weight is 244 g/mol. The van der Waals surface area contributed by atoms with E-state index in [1.807, 2.05) is 0 Å². The molecule has 0 aliphatic carbocycles. The Labute approximate surface area is 103 Å². The molecule has 1 aliphatic heterocycles. The normalized spacial score (nSPS) is 19.4. The van der Waals surface area contributed by atoms with Crippen LogP contribution in [0, 0.1) is 0 Å². The van der Waals surface area contributed by atoms with E-state index in [1.165, 1.54) is 0 Å². The number of hydrogen-bond acceptors (Lipinski definition) is 5. The molecule has 0 amide bonds. The maximum Gasteiger partial charge on any atom is 0.220 e. The van der Waals surface area contributed by atoms with Gasteiger partial charge in [0.05, 0.1) is 0 Å². The van der Waals surface area contributed by atoms with Crippen molar-refractivity contribution in [1.82, 2.24) is 20.8 Å². The summed E-state index contributed by atoms with van der Waals surface area (Å²) in [5.74, 6) is 6.04. The Balaban J connectivity index is 2.25. The van der Waals surface area contributed by atoms with Crippen molar-refractivity contribution >= 4 is 5.96 Å². The summed E-state index contributed by atoms with van der Waals surface area (Å²) in [6.45, 7) is 5.46. The maximum absolute atomic E-state index is 5.42. The Bertz CT molecular complexity index is 227. The summed E-state index contributed by atoms with van der Waals surface area (Å²) in [6.07, 6.45) is 0.895. The second-order valence-corrected chi connectivity index (χ2v) is 4.12. The highest BCUT2D eigenvalue weighted by Gasteiger charge is 2.14. The van der Waals surface area contributed by atoms with Gasteiger partial charge in [-0.2, -0.15) is 0 Å². The molecule has 0 saturated carbocycles. The van der Waals surface area contributed by atoms with Gasteiger partial charge in [0.2, 0.25) is 5.96 Å². The molecule has 0 unspecified atom stereocenters. The van der Waals surface area contributed by atoms with Gasteiger partial charge in [-0.25, -0.2) is 10.9 Å². The van der Waals surface area contributed by atoms with Crippen LogP contribution in [0.25, 0.3) is 0 Å². The van der Waals surface area contributed by atoms with Crippen LogP contribution in [0.1, 0.15) is 6.42 Å². The zero-order valence-electron chi connectivity index (χ0n) is 10.8. The molecule has 0 atom stereocenters. The van der Waals surface area contributed by atoms with E-state index in [9.17, 15) is 0 Å². The first-order chi connectivity index (χ1) is 8.26. The lowest BCUT2D eigenvalue weighted by Gasteiger charge is -2.33. The van der Waals surface area contributed by atoms with E-state index < -0.39 is 0 Å². The van der Waals surface area contributed by atoms with E-state index in [0.29, 0.717) is 12.5 Å².